The topological polar surface area (TPSA) is 94.0 Å². The van der Waals surface area contributed by atoms with E-state index in [9.17, 15) is 13.2 Å². The van der Waals surface area contributed by atoms with Gasteiger partial charge in [-0.05, 0) is 38.0 Å². The Hall–Kier alpha value is -2.22. The van der Waals surface area contributed by atoms with Crippen LogP contribution in [0.2, 0.25) is 0 Å². The molecule has 3 heterocycles. The third-order valence-corrected chi connectivity index (χ3v) is 5.87. The van der Waals surface area contributed by atoms with Crippen LogP contribution in [0.4, 0.5) is 0 Å². The normalized spacial score (nSPS) is 19.3. The molecule has 2 aromatic rings. The summed E-state index contributed by atoms with van der Waals surface area (Å²) in [5.41, 5.74) is 2.79. The Morgan fingerprint density at radius 2 is 2.17 bits per heavy atom. The maximum absolute atomic E-state index is 12.0. The number of sulfone groups is 1. The van der Waals surface area contributed by atoms with Crippen molar-refractivity contribution in [1.82, 2.24) is 20.1 Å². The second-order valence-corrected chi connectivity index (χ2v) is 8.41. The van der Waals surface area contributed by atoms with Crippen LogP contribution in [0.5, 0.6) is 0 Å². The first-order chi connectivity index (χ1) is 11.3. The monoisotopic (exact) mass is 348 g/mol. The van der Waals surface area contributed by atoms with Crippen LogP contribution in [0.15, 0.2) is 24.4 Å². The van der Waals surface area contributed by atoms with Crippen molar-refractivity contribution in [2.45, 2.75) is 26.8 Å². The minimum absolute atomic E-state index is 0.0477. The highest BCUT2D eigenvalue weighted by atomic mass is 32.2. The van der Waals surface area contributed by atoms with Gasteiger partial charge in [-0.1, -0.05) is 6.07 Å². The molecular formula is C16H20N4O3S. The van der Waals surface area contributed by atoms with Crippen LogP contribution in [0, 0.1) is 19.8 Å². The number of carbonyl (C=O) groups is 1. The molecule has 1 N–H and O–H groups in total. The Bertz CT molecular complexity index is 856. The van der Waals surface area contributed by atoms with E-state index in [1.54, 1.807) is 10.9 Å². The molecule has 3 rings (SSSR count). The van der Waals surface area contributed by atoms with Crippen molar-refractivity contribution in [2.24, 2.45) is 5.92 Å². The largest absolute Gasteiger partial charge is 0.352 e. The minimum Gasteiger partial charge on any atom is -0.352 e. The van der Waals surface area contributed by atoms with E-state index >= 15 is 0 Å². The predicted molar refractivity (Wildman–Crippen MR) is 89.4 cm³/mol. The zero-order valence-electron chi connectivity index (χ0n) is 13.7. The first-order valence-corrected chi connectivity index (χ1v) is 9.63. The molecule has 7 nitrogen and oxygen atoms in total. The maximum Gasteiger partial charge on any atom is 0.224 e. The standard InChI is InChI=1S/C16H20N4O3S/c1-11-7-12(2)20(19-11)15-4-3-13(8-17-15)9-18-16(21)14-5-6-24(22,23)10-14/h3-4,7-8,14H,5-6,9-10H2,1-2H3,(H,18,21). The van der Waals surface area contributed by atoms with E-state index in [-0.39, 0.29) is 17.4 Å². The van der Waals surface area contributed by atoms with Crippen LogP contribution >= 0.6 is 0 Å². The third-order valence-electron chi connectivity index (χ3n) is 4.11. The van der Waals surface area contributed by atoms with E-state index in [0.717, 1.165) is 22.8 Å². The highest BCUT2D eigenvalue weighted by Gasteiger charge is 2.32. The van der Waals surface area contributed by atoms with Gasteiger partial charge < -0.3 is 5.32 Å². The summed E-state index contributed by atoms with van der Waals surface area (Å²) in [6.07, 6.45) is 2.10. The van der Waals surface area contributed by atoms with Crippen molar-refractivity contribution in [2.75, 3.05) is 11.5 Å². The lowest BCUT2D eigenvalue weighted by molar-refractivity contribution is -0.124. The van der Waals surface area contributed by atoms with E-state index in [1.807, 2.05) is 32.0 Å². The van der Waals surface area contributed by atoms with Gasteiger partial charge in [0.15, 0.2) is 15.7 Å². The second kappa shape index (κ2) is 6.35. The summed E-state index contributed by atoms with van der Waals surface area (Å²) in [4.78, 5) is 16.4. The number of rotatable bonds is 4. The molecule has 0 radical (unpaired) electrons. The Morgan fingerprint density at radius 1 is 1.38 bits per heavy atom. The number of nitrogens with one attached hydrogen (secondary N) is 1. The molecule has 1 unspecified atom stereocenters. The molecule has 0 spiro atoms. The van der Waals surface area contributed by atoms with Crippen LogP contribution in [0.25, 0.3) is 5.82 Å². The van der Waals surface area contributed by atoms with Gasteiger partial charge in [-0.15, -0.1) is 0 Å². The molecule has 8 heteroatoms. The van der Waals surface area contributed by atoms with E-state index < -0.39 is 15.8 Å². The SMILES string of the molecule is Cc1cc(C)n(-c2ccc(CNC(=O)C3CCS(=O)(=O)C3)cn2)n1. The average molecular weight is 348 g/mol. The quantitative estimate of drug-likeness (QED) is 0.887. The summed E-state index contributed by atoms with van der Waals surface area (Å²) in [5.74, 6) is 0.131. The van der Waals surface area contributed by atoms with Gasteiger partial charge in [0.05, 0.1) is 23.1 Å². The predicted octanol–water partition coefficient (Wildman–Crippen LogP) is 0.935. The molecule has 0 bridgehead atoms. The number of pyridine rings is 1. The smallest absolute Gasteiger partial charge is 0.224 e. The Labute approximate surface area is 141 Å². The van der Waals surface area contributed by atoms with Crippen LogP contribution in [0.1, 0.15) is 23.4 Å². The molecule has 1 amide bonds. The van der Waals surface area contributed by atoms with Gasteiger partial charge in [-0.3, -0.25) is 4.79 Å². The van der Waals surface area contributed by atoms with Crippen molar-refractivity contribution in [3.8, 4) is 5.82 Å². The summed E-state index contributed by atoms with van der Waals surface area (Å²) in [5, 5.41) is 7.17. The number of amides is 1. The number of aromatic nitrogens is 3. The van der Waals surface area contributed by atoms with E-state index in [0.29, 0.717) is 13.0 Å². The molecule has 2 aromatic heterocycles. The summed E-state index contributed by atoms with van der Waals surface area (Å²) >= 11 is 0. The lowest BCUT2D eigenvalue weighted by atomic mass is 10.1. The van der Waals surface area contributed by atoms with Crippen LogP contribution in [-0.2, 0) is 21.2 Å². The Kier molecular flexibility index (Phi) is 4.40. The number of aryl methyl sites for hydroxylation is 2. The van der Waals surface area contributed by atoms with Crippen LogP contribution in [0.3, 0.4) is 0 Å². The molecular weight excluding hydrogens is 328 g/mol. The molecule has 128 valence electrons. The lowest BCUT2D eigenvalue weighted by Gasteiger charge is -2.10. The van der Waals surface area contributed by atoms with Crippen LogP contribution < -0.4 is 5.32 Å². The van der Waals surface area contributed by atoms with Gasteiger partial charge in [0.2, 0.25) is 5.91 Å². The van der Waals surface area contributed by atoms with Crippen molar-refractivity contribution in [3.05, 3.63) is 41.3 Å². The molecule has 1 aliphatic rings. The molecule has 1 fully saturated rings. The number of nitrogens with zero attached hydrogens (tertiary/aromatic N) is 3. The Balaban J connectivity index is 1.61. The fourth-order valence-electron chi connectivity index (χ4n) is 2.84. The third kappa shape index (κ3) is 3.64. The fraction of sp³-hybridized carbons (Fsp3) is 0.438. The summed E-state index contributed by atoms with van der Waals surface area (Å²) in [6.45, 7) is 4.22. The first kappa shape index (κ1) is 16.6. The van der Waals surface area contributed by atoms with Gasteiger partial charge in [-0.25, -0.2) is 18.1 Å². The van der Waals surface area contributed by atoms with Crippen molar-refractivity contribution < 1.29 is 13.2 Å². The molecule has 1 atom stereocenters. The number of carbonyl (C=O) groups excluding carboxylic acids is 1. The van der Waals surface area contributed by atoms with E-state index in [2.05, 4.69) is 15.4 Å². The summed E-state index contributed by atoms with van der Waals surface area (Å²) in [7, 11) is -3.04. The minimum atomic E-state index is -3.04. The molecule has 0 saturated carbocycles. The van der Waals surface area contributed by atoms with Crippen molar-refractivity contribution in [1.29, 1.82) is 0 Å². The van der Waals surface area contributed by atoms with Gasteiger partial charge in [0.1, 0.15) is 0 Å². The zero-order chi connectivity index (χ0) is 17.3. The highest BCUT2D eigenvalue weighted by molar-refractivity contribution is 7.91. The highest BCUT2D eigenvalue weighted by Crippen LogP contribution is 2.18. The molecule has 1 saturated heterocycles. The first-order valence-electron chi connectivity index (χ1n) is 7.81. The van der Waals surface area contributed by atoms with E-state index in [4.69, 9.17) is 0 Å². The fourth-order valence-corrected chi connectivity index (χ4v) is 4.58. The molecule has 1 aliphatic heterocycles. The summed E-state index contributed by atoms with van der Waals surface area (Å²) in [6, 6.07) is 5.71. The Morgan fingerprint density at radius 3 is 2.71 bits per heavy atom. The van der Waals surface area contributed by atoms with Gasteiger partial charge in [0.25, 0.3) is 0 Å². The number of hydrogen-bond donors (Lipinski definition) is 1. The van der Waals surface area contributed by atoms with Gasteiger partial charge in [-0.2, -0.15) is 5.10 Å². The van der Waals surface area contributed by atoms with Crippen LogP contribution in [-0.4, -0.2) is 40.6 Å². The second-order valence-electron chi connectivity index (χ2n) is 6.18. The number of hydrogen-bond acceptors (Lipinski definition) is 5. The maximum atomic E-state index is 12.0. The molecule has 24 heavy (non-hydrogen) atoms. The van der Waals surface area contributed by atoms with Crippen molar-refractivity contribution in [3.63, 3.8) is 0 Å². The van der Waals surface area contributed by atoms with Gasteiger partial charge in [0, 0.05) is 18.4 Å². The summed E-state index contributed by atoms with van der Waals surface area (Å²) < 4.78 is 24.6. The molecule has 0 aliphatic carbocycles. The zero-order valence-corrected chi connectivity index (χ0v) is 14.5. The lowest BCUT2D eigenvalue weighted by Crippen LogP contribution is -2.31. The average Bonchev–Trinajstić information content (AvgIpc) is 3.07. The van der Waals surface area contributed by atoms with Crippen molar-refractivity contribution >= 4 is 15.7 Å². The van der Waals surface area contributed by atoms with Gasteiger partial charge >= 0.3 is 0 Å². The molecule has 0 aromatic carbocycles. The van der Waals surface area contributed by atoms with E-state index in [1.165, 1.54) is 0 Å².